The van der Waals surface area contributed by atoms with Gasteiger partial charge in [-0.1, -0.05) is 11.6 Å². The first-order valence-electron chi connectivity index (χ1n) is 5.24. The molecule has 96 valence electrons. The predicted octanol–water partition coefficient (Wildman–Crippen LogP) is 3.83. The molecule has 2 heterocycles. The Balaban J connectivity index is 2.10. The summed E-state index contributed by atoms with van der Waals surface area (Å²) in [6.07, 6.45) is 1.66. The highest BCUT2D eigenvalue weighted by Crippen LogP contribution is 2.33. The van der Waals surface area contributed by atoms with Gasteiger partial charge in [0.05, 0.1) is 28.1 Å². The fraction of sp³-hybridized carbons (Fsp3) is 0. The number of hydrogen-bond donors (Lipinski definition) is 2. The number of nitrogens with two attached hydrogens (primary N) is 1. The van der Waals surface area contributed by atoms with Gasteiger partial charge in [0.15, 0.2) is 5.82 Å². The van der Waals surface area contributed by atoms with E-state index in [0.717, 1.165) is 21.7 Å². The van der Waals surface area contributed by atoms with Crippen molar-refractivity contribution in [3.8, 4) is 0 Å². The summed E-state index contributed by atoms with van der Waals surface area (Å²) in [5, 5.41) is 3.66. The minimum Gasteiger partial charge on any atom is -0.396 e. The molecule has 0 aliphatic carbocycles. The zero-order valence-corrected chi connectivity index (χ0v) is 12.6. The van der Waals surface area contributed by atoms with Gasteiger partial charge in [0.1, 0.15) is 11.0 Å². The van der Waals surface area contributed by atoms with Gasteiger partial charge in [-0.25, -0.2) is 4.98 Å². The molecule has 0 radical (unpaired) electrons. The van der Waals surface area contributed by atoms with Crippen LogP contribution in [0.5, 0.6) is 0 Å². The number of anilines is 3. The molecule has 0 aliphatic rings. The fourth-order valence-electron chi connectivity index (χ4n) is 1.62. The van der Waals surface area contributed by atoms with Crippen molar-refractivity contribution in [3.05, 3.63) is 33.9 Å². The van der Waals surface area contributed by atoms with Crippen LogP contribution in [0.2, 0.25) is 5.02 Å². The van der Waals surface area contributed by atoms with E-state index in [-0.39, 0.29) is 0 Å². The summed E-state index contributed by atoms with van der Waals surface area (Å²) in [4.78, 5) is 4.22. The molecule has 0 unspecified atom stereocenters. The summed E-state index contributed by atoms with van der Waals surface area (Å²) < 4.78 is 9.22. The van der Waals surface area contributed by atoms with Crippen molar-refractivity contribution in [1.82, 2.24) is 13.7 Å². The Bertz CT molecular complexity index is 760. The molecule has 0 saturated heterocycles. The minimum absolute atomic E-state index is 0.519. The first-order chi connectivity index (χ1) is 9.15. The second-order valence-corrected chi connectivity index (χ2v) is 5.62. The molecule has 0 atom stereocenters. The van der Waals surface area contributed by atoms with Gasteiger partial charge in [0.2, 0.25) is 0 Å². The molecule has 3 rings (SSSR count). The maximum absolute atomic E-state index is 6.19. The van der Waals surface area contributed by atoms with Gasteiger partial charge < -0.3 is 11.1 Å². The van der Waals surface area contributed by atoms with E-state index in [0.29, 0.717) is 27.7 Å². The highest BCUT2D eigenvalue weighted by molar-refractivity contribution is 9.10. The lowest BCUT2D eigenvalue weighted by Crippen LogP contribution is -2.00. The smallest absolute Gasteiger partial charge is 0.153 e. The van der Waals surface area contributed by atoms with Crippen molar-refractivity contribution < 1.29 is 0 Å². The summed E-state index contributed by atoms with van der Waals surface area (Å²) in [5.74, 6) is 0.533. The largest absolute Gasteiger partial charge is 0.396 e. The molecular weight excluding hydrogens is 350 g/mol. The summed E-state index contributed by atoms with van der Waals surface area (Å²) >= 11 is 10.6. The second-order valence-electron chi connectivity index (χ2n) is 3.77. The van der Waals surface area contributed by atoms with Gasteiger partial charge in [0.25, 0.3) is 0 Å². The van der Waals surface area contributed by atoms with E-state index in [9.17, 15) is 0 Å². The van der Waals surface area contributed by atoms with Gasteiger partial charge >= 0.3 is 0 Å². The van der Waals surface area contributed by atoms with Crippen molar-refractivity contribution in [2.24, 2.45) is 0 Å². The van der Waals surface area contributed by atoms with Gasteiger partial charge in [0, 0.05) is 10.7 Å². The second kappa shape index (κ2) is 4.92. The summed E-state index contributed by atoms with van der Waals surface area (Å²) in [6, 6.07) is 5.36. The van der Waals surface area contributed by atoms with Crippen LogP contribution >= 0.6 is 39.3 Å². The minimum atomic E-state index is 0.519. The number of rotatable bonds is 2. The van der Waals surface area contributed by atoms with E-state index in [4.69, 9.17) is 17.3 Å². The van der Waals surface area contributed by atoms with Crippen LogP contribution in [0.25, 0.3) is 11.0 Å². The van der Waals surface area contributed by atoms with Crippen molar-refractivity contribution in [3.63, 3.8) is 0 Å². The Morgan fingerprint density at radius 3 is 2.95 bits per heavy atom. The normalized spacial score (nSPS) is 10.8. The van der Waals surface area contributed by atoms with E-state index in [2.05, 4.69) is 35.0 Å². The number of pyridine rings is 1. The molecule has 0 spiro atoms. The maximum atomic E-state index is 6.19. The number of halogens is 2. The SMILES string of the molecule is Nc1cc(Br)cnc1Nc1c(Cl)ccc2nsnc12. The zero-order valence-electron chi connectivity index (χ0n) is 9.39. The first-order valence-corrected chi connectivity index (χ1v) is 7.14. The lowest BCUT2D eigenvalue weighted by Gasteiger charge is -2.10. The number of benzene rings is 1. The molecule has 3 aromatic rings. The van der Waals surface area contributed by atoms with Crippen molar-refractivity contribution in [1.29, 1.82) is 0 Å². The third-order valence-corrected chi connectivity index (χ3v) is 3.80. The molecule has 0 bridgehead atoms. The fourth-order valence-corrected chi connectivity index (χ4v) is 2.71. The van der Waals surface area contributed by atoms with Gasteiger partial charge in [-0.15, -0.1) is 0 Å². The molecular formula is C11H7BrClN5S. The molecule has 19 heavy (non-hydrogen) atoms. The van der Waals surface area contributed by atoms with Gasteiger partial charge in [-0.3, -0.25) is 0 Å². The maximum Gasteiger partial charge on any atom is 0.153 e. The third-order valence-electron chi connectivity index (χ3n) is 2.50. The average molecular weight is 357 g/mol. The highest BCUT2D eigenvalue weighted by atomic mass is 79.9. The summed E-state index contributed by atoms with van der Waals surface area (Å²) in [5.41, 5.74) is 8.58. The van der Waals surface area contributed by atoms with E-state index in [1.807, 2.05) is 6.07 Å². The summed E-state index contributed by atoms with van der Waals surface area (Å²) in [7, 11) is 0. The standard InChI is InChI=1S/C11H7BrClN5S/c12-5-3-7(14)11(15-4-5)16-9-6(13)1-2-8-10(9)18-19-17-8/h1-4H,14H2,(H,15,16). The monoisotopic (exact) mass is 355 g/mol. The van der Waals surface area contributed by atoms with Gasteiger partial charge in [-0.05, 0) is 34.1 Å². The van der Waals surface area contributed by atoms with Crippen LogP contribution in [0.1, 0.15) is 0 Å². The van der Waals surface area contributed by atoms with Crippen LogP contribution in [-0.2, 0) is 0 Å². The van der Waals surface area contributed by atoms with Crippen LogP contribution in [0.4, 0.5) is 17.2 Å². The molecule has 1 aromatic carbocycles. The molecule has 0 amide bonds. The lowest BCUT2D eigenvalue weighted by molar-refractivity contribution is 1.30. The Morgan fingerprint density at radius 1 is 1.32 bits per heavy atom. The molecule has 5 nitrogen and oxygen atoms in total. The Morgan fingerprint density at radius 2 is 2.16 bits per heavy atom. The predicted molar refractivity (Wildman–Crippen MR) is 82.1 cm³/mol. The third kappa shape index (κ3) is 2.36. The van der Waals surface area contributed by atoms with Gasteiger partial charge in [-0.2, -0.15) is 8.75 Å². The topological polar surface area (TPSA) is 76.7 Å². The first kappa shape index (κ1) is 12.6. The molecule has 2 aromatic heterocycles. The highest BCUT2D eigenvalue weighted by Gasteiger charge is 2.12. The number of fused-ring (bicyclic) bond motifs is 1. The van der Waals surface area contributed by atoms with E-state index >= 15 is 0 Å². The molecule has 0 fully saturated rings. The van der Waals surface area contributed by atoms with Crippen LogP contribution < -0.4 is 11.1 Å². The van der Waals surface area contributed by atoms with E-state index < -0.39 is 0 Å². The van der Waals surface area contributed by atoms with Crippen LogP contribution in [-0.4, -0.2) is 13.7 Å². The van der Waals surface area contributed by atoms with E-state index in [1.54, 1.807) is 18.3 Å². The Kier molecular flexibility index (Phi) is 3.26. The number of aromatic nitrogens is 3. The number of nitrogen functional groups attached to an aromatic ring is 1. The van der Waals surface area contributed by atoms with Crippen molar-refractivity contribution >= 4 is 67.5 Å². The molecule has 3 N–H and O–H groups in total. The lowest BCUT2D eigenvalue weighted by atomic mass is 10.2. The van der Waals surface area contributed by atoms with Crippen LogP contribution in [0.15, 0.2) is 28.9 Å². The molecule has 8 heteroatoms. The van der Waals surface area contributed by atoms with Crippen molar-refractivity contribution in [2.45, 2.75) is 0 Å². The average Bonchev–Trinajstić information content (AvgIpc) is 2.84. The molecule has 0 aliphatic heterocycles. The number of hydrogen-bond acceptors (Lipinski definition) is 6. The molecule has 0 saturated carbocycles. The van der Waals surface area contributed by atoms with Crippen LogP contribution in [0, 0.1) is 0 Å². The quantitative estimate of drug-likeness (QED) is 0.730. The number of nitrogens with one attached hydrogen (secondary N) is 1. The zero-order chi connectivity index (χ0) is 13.4. The number of nitrogens with zero attached hydrogens (tertiary/aromatic N) is 3. The van der Waals surface area contributed by atoms with E-state index in [1.165, 1.54) is 0 Å². The van der Waals surface area contributed by atoms with Crippen LogP contribution in [0.3, 0.4) is 0 Å². The van der Waals surface area contributed by atoms with Crippen molar-refractivity contribution in [2.75, 3.05) is 11.1 Å². The Labute approximate surface area is 126 Å². The summed E-state index contributed by atoms with van der Waals surface area (Å²) in [6.45, 7) is 0. The Hall–Kier alpha value is -1.44.